The van der Waals surface area contributed by atoms with Crippen molar-refractivity contribution in [3.63, 3.8) is 0 Å². The number of rotatable bonds is 5. The Hall–Kier alpha value is -3.35. The Kier molecular flexibility index (Phi) is 5.20. The normalized spacial score (nSPS) is 15.9. The summed E-state index contributed by atoms with van der Waals surface area (Å²) < 4.78 is 2.17. The van der Waals surface area contributed by atoms with E-state index in [2.05, 4.69) is 9.88 Å². The summed E-state index contributed by atoms with van der Waals surface area (Å²) in [6, 6.07) is 12.8. The van der Waals surface area contributed by atoms with Crippen LogP contribution in [0.1, 0.15) is 37.1 Å². The standard InChI is InChI=1S/C23H26N4O3/c1-14(2)23(28)25-17-8-10-22-19(12-17)18-11-16(24)7-9-21(18)26(22)13-15-5-3-4-6-20(15)27(29)30/h3-7,9,11,14,17H,8,10,12-13,24H2,1-2H3,(H,25,28). The van der Waals surface area contributed by atoms with Crippen LogP contribution in [0.3, 0.4) is 0 Å². The summed E-state index contributed by atoms with van der Waals surface area (Å²) in [6.07, 6.45) is 2.37. The molecule has 1 amide bonds. The number of carbonyl (C=O) groups excluding carboxylic acids is 1. The highest BCUT2D eigenvalue weighted by molar-refractivity contribution is 5.89. The van der Waals surface area contributed by atoms with Gasteiger partial charge in [0.05, 0.1) is 11.5 Å². The number of nitro groups is 1. The quantitative estimate of drug-likeness (QED) is 0.382. The van der Waals surface area contributed by atoms with Gasteiger partial charge in [0.25, 0.3) is 5.69 Å². The molecule has 1 unspecified atom stereocenters. The van der Waals surface area contributed by atoms with E-state index in [1.165, 1.54) is 11.3 Å². The molecule has 0 bridgehead atoms. The van der Waals surface area contributed by atoms with Crippen molar-refractivity contribution in [3.05, 3.63) is 69.4 Å². The Labute approximate surface area is 175 Å². The van der Waals surface area contributed by atoms with Gasteiger partial charge in [-0.3, -0.25) is 14.9 Å². The van der Waals surface area contributed by atoms with Crippen LogP contribution < -0.4 is 11.1 Å². The lowest BCUT2D eigenvalue weighted by molar-refractivity contribution is -0.385. The average Bonchev–Trinajstić information content (AvgIpc) is 3.00. The van der Waals surface area contributed by atoms with Gasteiger partial charge in [0.2, 0.25) is 5.91 Å². The number of aromatic nitrogens is 1. The number of nitrogens with zero attached hydrogens (tertiary/aromatic N) is 2. The van der Waals surface area contributed by atoms with Crippen molar-refractivity contribution in [1.82, 2.24) is 9.88 Å². The summed E-state index contributed by atoms with van der Waals surface area (Å²) in [7, 11) is 0. The van der Waals surface area contributed by atoms with E-state index in [1.807, 2.05) is 44.2 Å². The summed E-state index contributed by atoms with van der Waals surface area (Å²) in [5.41, 5.74) is 10.9. The third kappa shape index (κ3) is 3.63. The summed E-state index contributed by atoms with van der Waals surface area (Å²) in [4.78, 5) is 23.3. The monoisotopic (exact) mass is 406 g/mol. The Morgan fingerprint density at radius 1 is 1.30 bits per heavy atom. The molecule has 1 atom stereocenters. The number of hydrogen-bond acceptors (Lipinski definition) is 4. The van der Waals surface area contributed by atoms with E-state index in [-0.39, 0.29) is 28.5 Å². The lowest BCUT2D eigenvalue weighted by Crippen LogP contribution is -2.41. The molecule has 7 nitrogen and oxygen atoms in total. The highest BCUT2D eigenvalue weighted by Gasteiger charge is 2.27. The number of amides is 1. The zero-order chi connectivity index (χ0) is 21.4. The molecule has 1 aliphatic rings. The van der Waals surface area contributed by atoms with Gasteiger partial charge in [-0.05, 0) is 43.0 Å². The number of nitro benzene ring substituents is 1. The molecule has 1 heterocycles. The van der Waals surface area contributed by atoms with E-state index in [1.54, 1.807) is 12.1 Å². The molecule has 30 heavy (non-hydrogen) atoms. The summed E-state index contributed by atoms with van der Waals surface area (Å²) >= 11 is 0. The number of benzene rings is 2. The zero-order valence-electron chi connectivity index (χ0n) is 17.2. The number of para-hydroxylation sites is 1. The molecule has 1 aromatic heterocycles. The summed E-state index contributed by atoms with van der Waals surface area (Å²) in [5.74, 6) is 0.00799. The maximum atomic E-state index is 12.2. The van der Waals surface area contributed by atoms with Gasteiger partial charge in [-0.25, -0.2) is 0 Å². The summed E-state index contributed by atoms with van der Waals surface area (Å²) in [5, 5.41) is 15.7. The van der Waals surface area contributed by atoms with Gasteiger partial charge >= 0.3 is 0 Å². The Morgan fingerprint density at radius 2 is 2.07 bits per heavy atom. The SMILES string of the molecule is CC(C)C(=O)NC1CCc2c(c3cc(N)ccc3n2Cc2ccccc2[N+](=O)[O-])C1. The van der Waals surface area contributed by atoms with Crippen molar-refractivity contribution < 1.29 is 9.72 Å². The fourth-order valence-corrected chi connectivity index (χ4v) is 4.33. The first-order chi connectivity index (χ1) is 14.3. The molecule has 0 fully saturated rings. The minimum Gasteiger partial charge on any atom is -0.399 e. The molecule has 1 aliphatic carbocycles. The van der Waals surface area contributed by atoms with Crippen LogP contribution in [0.4, 0.5) is 11.4 Å². The Morgan fingerprint density at radius 3 is 2.80 bits per heavy atom. The molecule has 2 aromatic carbocycles. The van der Waals surface area contributed by atoms with Crippen molar-refractivity contribution in [2.24, 2.45) is 5.92 Å². The van der Waals surface area contributed by atoms with Crippen molar-refractivity contribution >= 4 is 28.2 Å². The molecule has 156 valence electrons. The van der Waals surface area contributed by atoms with Gasteiger partial charge in [0, 0.05) is 45.9 Å². The topological polar surface area (TPSA) is 103 Å². The molecule has 4 rings (SSSR count). The van der Waals surface area contributed by atoms with Crippen LogP contribution in [-0.4, -0.2) is 21.4 Å². The number of nitrogens with one attached hydrogen (secondary N) is 1. The predicted molar refractivity (Wildman–Crippen MR) is 117 cm³/mol. The van der Waals surface area contributed by atoms with Crippen molar-refractivity contribution in [3.8, 4) is 0 Å². The van der Waals surface area contributed by atoms with Gasteiger partial charge in [0.15, 0.2) is 0 Å². The minimum atomic E-state index is -0.330. The van der Waals surface area contributed by atoms with Crippen LogP contribution in [-0.2, 0) is 24.2 Å². The Balaban J connectivity index is 1.76. The van der Waals surface area contributed by atoms with E-state index in [9.17, 15) is 14.9 Å². The lowest BCUT2D eigenvalue weighted by Gasteiger charge is -2.26. The molecule has 0 saturated heterocycles. The first-order valence-electron chi connectivity index (χ1n) is 10.3. The number of anilines is 1. The van der Waals surface area contributed by atoms with Gasteiger partial charge in [-0.1, -0.05) is 32.0 Å². The van der Waals surface area contributed by atoms with Crippen molar-refractivity contribution in [1.29, 1.82) is 0 Å². The molecule has 7 heteroatoms. The van der Waals surface area contributed by atoms with Gasteiger partial charge in [-0.15, -0.1) is 0 Å². The number of carbonyl (C=O) groups is 1. The second-order valence-corrected chi connectivity index (χ2v) is 8.28. The predicted octanol–water partition coefficient (Wildman–Crippen LogP) is 3.81. The third-order valence-corrected chi connectivity index (χ3v) is 5.88. The average molecular weight is 406 g/mol. The van der Waals surface area contributed by atoms with E-state index < -0.39 is 0 Å². The number of nitrogens with two attached hydrogens (primary N) is 1. The molecule has 0 spiro atoms. The smallest absolute Gasteiger partial charge is 0.274 e. The minimum absolute atomic E-state index is 0.0537. The third-order valence-electron chi connectivity index (χ3n) is 5.88. The fourth-order valence-electron chi connectivity index (χ4n) is 4.33. The largest absolute Gasteiger partial charge is 0.399 e. The second-order valence-electron chi connectivity index (χ2n) is 8.28. The molecule has 0 aliphatic heterocycles. The molecule has 0 saturated carbocycles. The number of hydrogen-bond donors (Lipinski definition) is 2. The molecule has 0 radical (unpaired) electrons. The maximum absolute atomic E-state index is 12.2. The highest BCUT2D eigenvalue weighted by Crippen LogP contribution is 2.35. The molecular weight excluding hydrogens is 380 g/mol. The van der Waals surface area contributed by atoms with E-state index in [0.29, 0.717) is 17.8 Å². The van der Waals surface area contributed by atoms with Crippen molar-refractivity contribution in [2.75, 3.05) is 5.73 Å². The summed E-state index contributed by atoms with van der Waals surface area (Å²) in [6.45, 7) is 4.21. The van der Waals surface area contributed by atoms with Gasteiger partial charge in [0.1, 0.15) is 0 Å². The second kappa shape index (κ2) is 7.82. The molecule has 3 aromatic rings. The lowest BCUT2D eigenvalue weighted by atomic mass is 9.91. The van der Waals surface area contributed by atoms with Crippen LogP contribution in [0.15, 0.2) is 42.5 Å². The van der Waals surface area contributed by atoms with E-state index in [4.69, 9.17) is 5.73 Å². The first kappa shape index (κ1) is 19.9. The van der Waals surface area contributed by atoms with Crippen LogP contribution >= 0.6 is 0 Å². The van der Waals surface area contributed by atoms with E-state index in [0.717, 1.165) is 30.2 Å². The fraction of sp³-hybridized carbons (Fsp3) is 0.348. The van der Waals surface area contributed by atoms with Crippen LogP contribution in [0, 0.1) is 16.0 Å². The van der Waals surface area contributed by atoms with Gasteiger partial charge in [-0.2, -0.15) is 0 Å². The van der Waals surface area contributed by atoms with Gasteiger partial charge < -0.3 is 15.6 Å². The Bertz CT molecular complexity index is 1130. The van der Waals surface area contributed by atoms with Crippen LogP contribution in [0.5, 0.6) is 0 Å². The zero-order valence-corrected chi connectivity index (χ0v) is 17.2. The highest BCUT2D eigenvalue weighted by atomic mass is 16.6. The first-order valence-corrected chi connectivity index (χ1v) is 10.3. The van der Waals surface area contributed by atoms with Crippen LogP contribution in [0.25, 0.3) is 10.9 Å². The molecular formula is C23H26N4O3. The van der Waals surface area contributed by atoms with Crippen LogP contribution in [0.2, 0.25) is 0 Å². The molecule has 3 N–H and O–H groups in total. The van der Waals surface area contributed by atoms with Crippen molar-refractivity contribution in [2.45, 2.75) is 45.7 Å². The van der Waals surface area contributed by atoms with E-state index >= 15 is 0 Å². The number of nitrogen functional groups attached to an aromatic ring is 1. The maximum Gasteiger partial charge on any atom is 0.274 e. The number of fused-ring (bicyclic) bond motifs is 3.